The Balaban J connectivity index is 1.52. The Morgan fingerprint density at radius 1 is 0.889 bits per heavy atom. The Bertz CT molecular complexity index is 872. The molecule has 5 nitrogen and oxygen atoms in total. The van der Waals surface area contributed by atoms with E-state index in [2.05, 4.69) is 17.4 Å². The van der Waals surface area contributed by atoms with Crippen LogP contribution in [-0.2, 0) is 28.9 Å². The van der Waals surface area contributed by atoms with Gasteiger partial charge in [0.05, 0.1) is 18.4 Å². The summed E-state index contributed by atoms with van der Waals surface area (Å²) >= 11 is 0. The number of carbonyl (C=O) groups is 2. The maximum Gasteiger partial charge on any atom is 0.338 e. The first-order valence-corrected chi connectivity index (χ1v) is 8.80. The van der Waals surface area contributed by atoms with Gasteiger partial charge in [0.15, 0.2) is 6.61 Å². The minimum Gasteiger partial charge on any atom is -0.467 e. The van der Waals surface area contributed by atoms with Crippen LogP contribution in [0.15, 0.2) is 77.4 Å². The summed E-state index contributed by atoms with van der Waals surface area (Å²) < 4.78 is 10.3. The molecule has 27 heavy (non-hydrogen) atoms. The lowest BCUT2D eigenvalue weighted by molar-refractivity contribution is -0.124. The van der Waals surface area contributed by atoms with Gasteiger partial charge in [-0.3, -0.25) is 4.79 Å². The minimum atomic E-state index is -0.494. The van der Waals surface area contributed by atoms with Crippen molar-refractivity contribution in [2.75, 3.05) is 6.61 Å². The van der Waals surface area contributed by atoms with Gasteiger partial charge in [-0.15, -0.1) is 0 Å². The second-order valence-electron chi connectivity index (χ2n) is 6.07. The lowest BCUT2D eigenvalue weighted by atomic mass is 10.00. The monoisotopic (exact) mass is 363 g/mol. The highest BCUT2D eigenvalue weighted by atomic mass is 16.5. The predicted molar refractivity (Wildman–Crippen MR) is 101 cm³/mol. The van der Waals surface area contributed by atoms with Crippen LogP contribution in [0.25, 0.3) is 0 Å². The standard InChI is InChI=1S/C22H21NO4/c24-21(23-15-19-10-6-14-26-19)16-27-22(25)20-11-5-4-9-18(20)13-12-17-7-2-1-3-8-17/h1-11,14H,12-13,15-16H2,(H,23,24). The van der Waals surface area contributed by atoms with Crippen LogP contribution in [0, 0.1) is 0 Å². The van der Waals surface area contributed by atoms with Crippen molar-refractivity contribution in [3.8, 4) is 0 Å². The molecule has 0 atom stereocenters. The van der Waals surface area contributed by atoms with Crippen LogP contribution in [-0.4, -0.2) is 18.5 Å². The number of aryl methyl sites for hydroxylation is 2. The molecule has 1 aromatic heterocycles. The third-order valence-corrected chi connectivity index (χ3v) is 4.14. The summed E-state index contributed by atoms with van der Waals surface area (Å²) in [6.45, 7) is -0.0659. The molecule has 138 valence electrons. The maximum atomic E-state index is 12.4. The van der Waals surface area contributed by atoms with Crippen LogP contribution >= 0.6 is 0 Å². The third kappa shape index (κ3) is 5.57. The van der Waals surface area contributed by atoms with Crippen molar-refractivity contribution in [2.24, 2.45) is 0 Å². The third-order valence-electron chi connectivity index (χ3n) is 4.14. The summed E-state index contributed by atoms with van der Waals surface area (Å²) in [6.07, 6.45) is 3.09. The van der Waals surface area contributed by atoms with Crippen molar-refractivity contribution >= 4 is 11.9 Å². The van der Waals surface area contributed by atoms with Crippen LogP contribution in [0.4, 0.5) is 0 Å². The number of furan rings is 1. The molecule has 3 rings (SSSR count). The fourth-order valence-corrected chi connectivity index (χ4v) is 2.72. The molecule has 0 aliphatic rings. The molecule has 0 radical (unpaired) electrons. The number of carbonyl (C=O) groups excluding carboxylic acids is 2. The normalized spacial score (nSPS) is 10.4. The number of hydrogen-bond donors (Lipinski definition) is 1. The zero-order chi connectivity index (χ0) is 18.9. The van der Waals surface area contributed by atoms with Gasteiger partial charge in [-0.05, 0) is 42.2 Å². The number of amides is 1. The first-order valence-electron chi connectivity index (χ1n) is 8.80. The Morgan fingerprint density at radius 2 is 1.67 bits per heavy atom. The first-order chi connectivity index (χ1) is 13.2. The number of nitrogens with one attached hydrogen (secondary N) is 1. The molecule has 0 fully saturated rings. The zero-order valence-electron chi connectivity index (χ0n) is 14.9. The van der Waals surface area contributed by atoms with Crippen molar-refractivity contribution in [3.63, 3.8) is 0 Å². The van der Waals surface area contributed by atoms with Gasteiger partial charge >= 0.3 is 5.97 Å². The summed E-state index contributed by atoms with van der Waals surface area (Å²) in [5.41, 5.74) is 2.60. The topological polar surface area (TPSA) is 68.5 Å². The van der Waals surface area contributed by atoms with Crippen molar-refractivity contribution < 1.29 is 18.7 Å². The number of hydrogen-bond acceptors (Lipinski definition) is 4. The van der Waals surface area contributed by atoms with Crippen molar-refractivity contribution in [1.29, 1.82) is 0 Å². The Hall–Kier alpha value is -3.34. The first kappa shape index (κ1) is 18.5. The fraction of sp³-hybridized carbons (Fsp3) is 0.182. The van der Waals surface area contributed by atoms with E-state index in [4.69, 9.17) is 9.15 Å². The van der Waals surface area contributed by atoms with Gasteiger partial charge in [-0.1, -0.05) is 48.5 Å². The van der Waals surface area contributed by atoms with Gasteiger partial charge in [-0.25, -0.2) is 4.79 Å². The van der Waals surface area contributed by atoms with Gasteiger partial charge in [0.2, 0.25) is 0 Å². The zero-order valence-corrected chi connectivity index (χ0v) is 14.9. The molecule has 5 heteroatoms. The van der Waals surface area contributed by atoms with Crippen LogP contribution in [0.3, 0.4) is 0 Å². The molecule has 3 aromatic rings. The quantitative estimate of drug-likeness (QED) is 0.622. The minimum absolute atomic E-state index is 0.261. The lowest BCUT2D eigenvalue weighted by Gasteiger charge is -2.10. The molecule has 0 unspecified atom stereocenters. The van der Waals surface area contributed by atoms with Crippen LogP contribution in [0.2, 0.25) is 0 Å². The van der Waals surface area contributed by atoms with E-state index in [0.717, 1.165) is 18.4 Å². The molecule has 1 heterocycles. The van der Waals surface area contributed by atoms with Gasteiger partial charge < -0.3 is 14.5 Å². The van der Waals surface area contributed by atoms with E-state index in [9.17, 15) is 9.59 Å². The Morgan fingerprint density at radius 3 is 2.44 bits per heavy atom. The molecule has 1 amide bonds. The highest BCUT2D eigenvalue weighted by Crippen LogP contribution is 2.14. The van der Waals surface area contributed by atoms with Crippen LogP contribution in [0.1, 0.15) is 27.2 Å². The summed E-state index contributed by atoms with van der Waals surface area (Å²) in [4.78, 5) is 24.2. The number of rotatable bonds is 8. The predicted octanol–water partition coefficient (Wildman–Crippen LogP) is 3.54. The maximum absolute atomic E-state index is 12.4. The number of ether oxygens (including phenoxy) is 1. The summed E-state index contributed by atoms with van der Waals surface area (Å²) in [5, 5.41) is 2.64. The van der Waals surface area contributed by atoms with Crippen molar-refractivity contribution in [1.82, 2.24) is 5.32 Å². The van der Waals surface area contributed by atoms with E-state index in [1.165, 1.54) is 11.8 Å². The second kappa shape index (κ2) is 9.38. The van der Waals surface area contributed by atoms with Gasteiger partial charge in [0, 0.05) is 0 Å². The SMILES string of the molecule is O=C(COC(=O)c1ccccc1CCc1ccccc1)NCc1ccco1. The molecule has 0 bridgehead atoms. The Labute approximate surface area is 158 Å². The molecular weight excluding hydrogens is 342 g/mol. The molecule has 2 aromatic carbocycles. The average Bonchev–Trinajstić information content (AvgIpc) is 3.23. The number of esters is 1. The highest BCUT2D eigenvalue weighted by Gasteiger charge is 2.14. The fourth-order valence-electron chi connectivity index (χ4n) is 2.72. The molecular formula is C22H21NO4. The average molecular weight is 363 g/mol. The van der Waals surface area contributed by atoms with E-state index in [-0.39, 0.29) is 19.1 Å². The molecule has 0 saturated heterocycles. The van der Waals surface area contributed by atoms with E-state index in [0.29, 0.717) is 11.3 Å². The van der Waals surface area contributed by atoms with Crippen LogP contribution < -0.4 is 5.32 Å². The molecule has 0 spiro atoms. The van der Waals surface area contributed by atoms with E-state index < -0.39 is 5.97 Å². The van der Waals surface area contributed by atoms with E-state index in [1.807, 2.05) is 30.3 Å². The number of benzene rings is 2. The largest absolute Gasteiger partial charge is 0.467 e. The lowest BCUT2D eigenvalue weighted by Crippen LogP contribution is -2.28. The summed E-state index contributed by atoms with van der Waals surface area (Å²) in [5.74, 6) is -0.228. The second-order valence-corrected chi connectivity index (χ2v) is 6.07. The van der Waals surface area contributed by atoms with Crippen molar-refractivity contribution in [2.45, 2.75) is 19.4 Å². The van der Waals surface area contributed by atoms with Crippen molar-refractivity contribution in [3.05, 3.63) is 95.4 Å². The molecule has 0 saturated carbocycles. The van der Waals surface area contributed by atoms with Gasteiger partial charge in [0.25, 0.3) is 5.91 Å². The van der Waals surface area contributed by atoms with Gasteiger partial charge in [0.1, 0.15) is 5.76 Å². The van der Waals surface area contributed by atoms with Crippen LogP contribution in [0.5, 0.6) is 0 Å². The molecule has 0 aliphatic carbocycles. The van der Waals surface area contributed by atoms with Gasteiger partial charge in [-0.2, -0.15) is 0 Å². The Kier molecular flexibility index (Phi) is 6.41. The summed E-state index contributed by atoms with van der Waals surface area (Å²) in [7, 11) is 0. The van der Waals surface area contributed by atoms with E-state index in [1.54, 1.807) is 24.3 Å². The molecule has 0 aliphatic heterocycles. The van der Waals surface area contributed by atoms with E-state index >= 15 is 0 Å². The molecule has 1 N–H and O–H groups in total. The summed E-state index contributed by atoms with van der Waals surface area (Å²) in [6, 6.07) is 20.9. The smallest absolute Gasteiger partial charge is 0.338 e. The highest BCUT2D eigenvalue weighted by molar-refractivity contribution is 5.92.